The molecule has 0 bridgehead atoms. The molecule has 0 fully saturated rings. The zero-order chi connectivity index (χ0) is 13.1. The van der Waals surface area contributed by atoms with Crippen LogP contribution in [0.25, 0.3) is 0 Å². The van der Waals surface area contributed by atoms with Crippen LogP contribution < -0.4 is 5.32 Å². The van der Waals surface area contributed by atoms with Crippen molar-refractivity contribution < 1.29 is 4.79 Å². The number of carbonyl (C=O) groups excluding carboxylic acids is 1. The van der Waals surface area contributed by atoms with Crippen molar-refractivity contribution in [2.24, 2.45) is 0 Å². The number of carbonyl (C=O) groups is 1. The molecule has 0 saturated heterocycles. The van der Waals surface area contributed by atoms with Gasteiger partial charge >= 0.3 is 0 Å². The van der Waals surface area contributed by atoms with Crippen molar-refractivity contribution in [3.8, 4) is 0 Å². The van der Waals surface area contributed by atoms with E-state index in [9.17, 15) is 4.79 Å². The van der Waals surface area contributed by atoms with E-state index in [1.165, 1.54) is 11.3 Å². The number of alkyl halides is 1. The highest BCUT2D eigenvalue weighted by Gasteiger charge is 2.10. The SMILES string of the molecule is Cc1nc(NC(=O)c2cccc(CCl)c2)sc1C. The Labute approximate surface area is 115 Å². The van der Waals surface area contributed by atoms with Crippen molar-refractivity contribution in [3.63, 3.8) is 0 Å². The number of anilines is 1. The predicted molar refractivity (Wildman–Crippen MR) is 75.5 cm³/mol. The first kappa shape index (κ1) is 13.1. The summed E-state index contributed by atoms with van der Waals surface area (Å²) in [6.45, 7) is 3.91. The van der Waals surface area contributed by atoms with Crippen LogP contribution in [0.1, 0.15) is 26.5 Å². The van der Waals surface area contributed by atoms with Gasteiger partial charge in [0.1, 0.15) is 0 Å². The molecule has 0 atom stereocenters. The van der Waals surface area contributed by atoms with E-state index < -0.39 is 0 Å². The summed E-state index contributed by atoms with van der Waals surface area (Å²) in [6.07, 6.45) is 0. The maximum Gasteiger partial charge on any atom is 0.257 e. The molecule has 1 amide bonds. The summed E-state index contributed by atoms with van der Waals surface area (Å²) in [5.41, 5.74) is 2.47. The van der Waals surface area contributed by atoms with E-state index in [0.717, 1.165) is 16.1 Å². The molecule has 0 saturated carbocycles. The van der Waals surface area contributed by atoms with Gasteiger partial charge in [-0.2, -0.15) is 0 Å². The summed E-state index contributed by atoms with van der Waals surface area (Å²) in [5, 5.41) is 3.43. The highest BCUT2D eigenvalue weighted by molar-refractivity contribution is 7.15. The molecular formula is C13H13ClN2OS. The molecule has 0 aliphatic rings. The second kappa shape index (κ2) is 5.50. The summed E-state index contributed by atoms with van der Waals surface area (Å²) in [5.74, 6) is 0.243. The lowest BCUT2D eigenvalue weighted by molar-refractivity contribution is 0.102. The van der Waals surface area contributed by atoms with Crippen LogP contribution >= 0.6 is 22.9 Å². The smallest absolute Gasteiger partial charge is 0.257 e. The number of amides is 1. The molecule has 0 aliphatic carbocycles. The van der Waals surface area contributed by atoms with Crippen LogP contribution in [-0.2, 0) is 5.88 Å². The van der Waals surface area contributed by atoms with Gasteiger partial charge in [-0.25, -0.2) is 4.98 Å². The van der Waals surface area contributed by atoms with Gasteiger partial charge in [0, 0.05) is 16.3 Å². The van der Waals surface area contributed by atoms with E-state index in [4.69, 9.17) is 11.6 Å². The Hall–Kier alpha value is -1.39. The average molecular weight is 281 g/mol. The van der Waals surface area contributed by atoms with Crippen molar-refractivity contribution in [2.75, 3.05) is 5.32 Å². The van der Waals surface area contributed by atoms with E-state index in [-0.39, 0.29) is 5.91 Å². The third-order valence-corrected chi connectivity index (χ3v) is 3.89. The number of benzene rings is 1. The molecule has 2 aromatic rings. The van der Waals surface area contributed by atoms with Crippen LogP contribution in [0.3, 0.4) is 0 Å². The third kappa shape index (κ3) is 2.89. The normalized spacial score (nSPS) is 10.4. The number of nitrogens with one attached hydrogen (secondary N) is 1. The predicted octanol–water partition coefficient (Wildman–Crippen LogP) is 3.75. The monoisotopic (exact) mass is 280 g/mol. The van der Waals surface area contributed by atoms with Crippen molar-refractivity contribution in [2.45, 2.75) is 19.7 Å². The van der Waals surface area contributed by atoms with Gasteiger partial charge in [0.25, 0.3) is 5.91 Å². The quantitative estimate of drug-likeness (QED) is 0.870. The maximum absolute atomic E-state index is 12.0. The molecule has 0 unspecified atom stereocenters. The summed E-state index contributed by atoms with van der Waals surface area (Å²) in [6, 6.07) is 7.26. The van der Waals surface area contributed by atoms with Crippen molar-refractivity contribution in [3.05, 3.63) is 46.0 Å². The van der Waals surface area contributed by atoms with Crippen molar-refractivity contribution >= 4 is 34.0 Å². The van der Waals surface area contributed by atoms with E-state index in [1.807, 2.05) is 26.0 Å². The number of thiazole rings is 1. The maximum atomic E-state index is 12.0. The molecule has 1 N–H and O–H groups in total. The van der Waals surface area contributed by atoms with Crippen molar-refractivity contribution in [1.82, 2.24) is 4.98 Å². The number of hydrogen-bond donors (Lipinski definition) is 1. The Morgan fingerprint density at radius 3 is 2.83 bits per heavy atom. The summed E-state index contributed by atoms with van der Waals surface area (Å²) < 4.78 is 0. The standard InChI is InChI=1S/C13H13ClN2OS/c1-8-9(2)18-13(15-8)16-12(17)11-5-3-4-10(6-11)7-14/h3-6H,7H2,1-2H3,(H,15,16,17). The first-order valence-electron chi connectivity index (χ1n) is 5.50. The minimum atomic E-state index is -0.157. The number of nitrogens with zero attached hydrogens (tertiary/aromatic N) is 1. The molecule has 1 heterocycles. The average Bonchev–Trinajstić information content (AvgIpc) is 2.68. The first-order chi connectivity index (χ1) is 8.60. The van der Waals surface area contributed by atoms with Crippen LogP contribution in [0.4, 0.5) is 5.13 Å². The van der Waals surface area contributed by atoms with E-state index in [0.29, 0.717) is 16.6 Å². The van der Waals surface area contributed by atoms with Gasteiger partial charge in [0.05, 0.1) is 5.69 Å². The van der Waals surface area contributed by atoms with E-state index in [1.54, 1.807) is 12.1 Å². The minimum absolute atomic E-state index is 0.157. The fourth-order valence-corrected chi connectivity index (χ4v) is 2.47. The highest BCUT2D eigenvalue weighted by Crippen LogP contribution is 2.21. The van der Waals surface area contributed by atoms with Crippen LogP contribution in [0.2, 0.25) is 0 Å². The van der Waals surface area contributed by atoms with Gasteiger partial charge in [-0.05, 0) is 31.5 Å². The Morgan fingerprint density at radius 2 is 2.22 bits per heavy atom. The molecule has 5 heteroatoms. The van der Waals surface area contributed by atoms with Crippen LogP contribution in [0.5, 0.6) is 0 Å². The zero-order valence-electron chi connectivity index (χ0n) is 10.2. The highest BCUT2D eigenvalue weighted by atomic mass is 35.5. The van der Waals surface area contributed by atoms with Crippen molar-refractivity contribution in [1.29, 1.82) is 0 Å². The van der Waals surface area contributed by atoms with Crippen LogP contribution in [0.15, 0.2) is 24.3 Å². The zero-order valence-corrected chi connectivity index (χ0v) is 11.7. The third-order valence-electron chi connectivity index (χ3n) is 2.59. The molecule has 0 aliphatic heterocycles. The number of aromatic nitrogens is 1. The molecule has 1 aromatic heterocycles. The number of aryl methyl sites for hydroxylation is 2. The molecule has 18 heavy (non-hydrogen) atoms. The van der Waals surface area contributed by atoms with E-state index >= 15 is 0 Å². The number of hydrogen-bond acceptors (Lipinski definition) is 3. The van der Waals surface area contributed by atoms with Crippen LogP contribution in [0, 0.1) is 13.8 Å². The molecule has 3 nitrogen and oxygen atoms in total. The van der Waals surface area contributed by atoms with Gasteiger partial charge in [0.2, 0.25) is 0 Å². The van der Waals surface area contributed by atoms with Crippen LogP contribution in [-0.4, -0.2) is 10.9 Å². The lowest BCUT2D eigenvalue weighted by Crippen LogP contribution is -2.11. The summed E-state index contributed by atoms with van der Waals surface area (Å²) >= 11 is 7.22. The first-order valence-corrected chi connectivity index (χ1v) is 6.85. The Balaban J connectivity index is 2.16. The molecule has 94 valence electrons. The summed E-state index contributed by atoms with van der Waals surface area (Å²) in [7, 11) is 0. The second-order valence-corrected chi connectivity index (χ2v) is 5.42. The Morgan fingerprint density at radius 1 is 1.44 bits per heavy atom. The molecule has 0 radical (unpaired) electrons. The van der Waals surface area contributed by atoms with E-state index in [2.05, 4.69) is 10.3 Å². The largest absolute Gasteiger partial charge is 0.298 e. The van der Waals surface area contributed by atoms with Gasteiger partial charge in [-0.3, -0.25) is 10.1 Å². The number of rotatable bonds is 3. The lowest BCUT2D eigenvalue weighted by atomic mass is 10.1. The number of halogens is 1. The summed E-state index contributed by atoms with van der Waals surface area (Å²) in [4.78, 5) is 17.4. The molecule has 2 rings (SSSR count). The molecule has 0 spiro atoms. The molecule has 1 aromatic carbocycles. The van der Waals surface area contributed by atoms with Gasteiger partial charge in [0.15, 0.2) is 5.13 Å². The van der Waals surface area contributed by atoms with Gasteiger partial charge < -0.3 is 0 Å². The van der Waals surface area contributed by atoms with Gasteiger partial charge in [-0.1, -0.05) is 12.1 Å². The fourth-order valence-electron chi connectivity index (χ4n) is 1.49. The Bertz CT molecular complexity index is 561. The lowest BCUT2D eigenvalue weighted by Gasteiger charge is -2.03. The Kier molecular flexibility index (Phi) is 3.99. The van der Waals surface area contributed by atoms with Gasteiger partial charge in [-0.15, -0.1) is 22.9 Å². The molecular weight excluding hydrogens is 268 g/mol. The fraction of sp³-hybridized carbons (Fsp3) is 0.231. The minimum Gasteiger partial charge on any atom is -0.298 e. The topological polar surface area (TPSA) is 42.0 Å². The second-order valence-electron chi connectivity index (χ2n) is 3.95.